The highest BCUT2D eigenvalue weighted by Gasteiger charge is 2.52. The van der Waals surface area contributed by atoms with Crippen molar-refractivity contribution in [3.05, 3.63) is 24.3 Å². The summed E-state index contributed by atoms with van der Waals surface area (Å²) >= 11 is 0. The van der Waals surface area contributed by atoms with E-state index in [1.807, 2.05) is 34.6 Å². The highest BCUT2D eigenvalue weighted by atomic mass is 16.2. The van der Waals surface area contributed by atoms with E-state index in [-0.39, 0.29) is 35.4 Å². The minimum absolute atomic E-state index is 0.00958. The molecule has 50 heavy (non-hydrogen) atoms. The quantitative estimate of drug-likeness (QED) is 0.180. The monoisotopic (exact) mass is 695 g/mol. The summed E-state index contributed by atoms with van der Waals surface area (Å²) < 4.78 is 0. The van der Waals surface area contributed by atoms with Crippen molar-refractivity contribution in [1.29, 1.82) is 0 Å². The zero-order chi connectivity index (χ0) is 36.6. The highest BCUT2D eigenvalue weighted by Crippen LogP contribution is 2.43. The number of nitrogens with zero attached hydrogens (tertiary/aromatic N) is 3. The Labute approximate surface area is 296 Å². The van der Waals surface area contributed by atoms with Crippen LogP contribution in [-0.4, -0.2) is 86.9 Å². The van der Waals surface area contributed by atoms with E-state index in [1.54, 1.807) is 4.90 Å². The average molecular weight is 696 g/mol. The van der Waals surface area contributed by atoms with Crippen LogP contribution in [0, 0.1) is 23.2 Å². The molecule has 1 saturated heterocycles. The van der Waals surface area contributed by atoms with Gasteiger partial charge in [-0.05, 0) is 61.7 Å². The van der Waals surface area contributed by atoms with E-state index in [4.69, 9.17) is 0 Å². The van der Waals surface area contributed by atoms with Crippen LogP contribution in [0.3, 0.4) is 0 Å². The first-order chi connectivity index (χ1) is 23.8. The molecule has 3 fully saturated rings. The second-order valence-corrected chi connectivity index (χ2v) is 15.4. The molecule has 1 aromatic rings. The van der Waals surface area contributed by atoms with Crippen LogP contribution < -0.4 is 21.3 Å². The van der Waals surface area contributed by atoms with Crippen LogP contribution in [0.5, 0.6) is 0 Å². The van der Waals surface area contributed by atoms with Gasteiger partial charge in [0.15, 0.2) is 0 Å². The molecule has 1 aliphatic heterocycles. The maximum absolute atomic E-state index is 14.6. The minimum Gasteiger partial charge on any atom is -0.347 e. The number of ketones is 1. The van der Waals surface area contributed by atoms with E-state index in [0.29, 0.717) is 32.2 Å². The largest absolute Gasteiger partial charge is 0.347 e. The molecule has 5 amide bonds. The summed E-state index contributed by atoms with van der Waals surface area (Å²) in [6.45, 7) is 11.9. The number of carbonyl (C=O) groups is 6. The van der Waals surface area contributed by atoms with Crippen LogP contribution in [0.25, 0.3) is 0 Å². The summed E-state index contributed by atoms with van der Waals surface area (Å²) in [6.07, 6.45) is 12.5. The maximum atomic E-state index is 14.6. The first kappa shape index (κ1) is 38.9. The lowest BCUT2D eigenvalue weighted by molar-refractivity contribution is -0.146. The number of nitrogens with one attached hydrogen (secondary N) is 4. The summed E-state index contributed by atoms with van der Waals surface area (Å²) in [7, 11) is 0. The van der Waals surface area contributed by atoms with Gasteiger partial charge in [-0.15, -0.1) is 0 Å². The van der Waals surface area contributed by atoms with Gasteiger partial charge in [-0.3, -0.25) is 33.8 Å². The fourth-order valence-corrected chi connectivity index (χ4v) is 7.47. The summed E-state index contributed by atoms with van der Waals surface area (Å²) in [5.74, 6) is -3.37. The smallest absolute Gasteiger partial charge is 0.289 e. The zero-order valence-electron chi connectivity index (χ0n) is 30.6. The molecule has 2 saturated carbocycles. The number of Topliss-reactive ketones (excluding diaryl/α,β-unsaturated/α-hetero) is 1. The third-order valence-electron chi connectivity index (χ3n) is 10.5. The molecule has 0 bridgehead atoms. The topological polar surface area (TPSA) is 180 Å². The molecule has 1 aromatic heterocycles. The summed E-state index contributed by atoms with van der Waals surface area (Å²) in [5.41, 5.74) is -0.668. The average Bonchev–Trinajstić information content (AvgIpc) is 3.65. The van der Waals surface area contributed by atoms with Crippen molar-refractivity contribution >= 4 is 35.3 Å². The van der Waals surface area contributed by atoms with Gasteiger partial charge in [-0.1, -0.05) is 73.6 Å². The number of carbonyl (C=O) groups excluding carboxylic acids is 6. The van der Waals surface area contributed by atoms with E-state index in [1.165, 1.54) is 18.6 Å². The molecular formula is C37H57N7O6. The van der Waals surface area contributed by atoms with E-state index >= 15 is 0 Å². The lowest BCUT2D eigenvalue weighted by atomic mass is 9.84. The molecule has 13 nitrogen and oxygen atoms in total. The van der Waals surface area contributed by atoms with Crippen LogP contribution in [-0.2, 0) is 24.0 Å². The first-order valence-electron chi connectivity index (χ1n) is 18.6. The van der Waals surface area contributed by atoms with Crippen LogP contribution in [0.2, 0.25) is 0 Å². The van der Waals surface area contributed by atoms with Crippen LogP contribution in [0.4, 0.5) is 0 Å². The Morgan fingerprint density at radius 3 is 2.26 bits per heavy atom. The van der Waals surface area contributed by atoms with Crippen molar-refractivity contribution in [3.8, 4) is 0 Å². The predicted octanol–water partition coefficient (Wildman–Crippen LogP) is 3.08. The second-order valence-electron chi connectivity index (χ2n) is 15.4. The normalized spacial score (nSPS) is 22.4. The Balaban J connectivity index is 1.58. The molecular weight excluding hydrogens is 638 g/mol. The molecule has 7 atom stereocenters. The van der Waals surface area contributed by atoms with Crippen molar-refractivity contribution in [3.63, 3.8) is 0 Å². The van der Waals surface area contributed by atoms with Gasteiger partial charge in [-0.25, -0.2) is 4.98 Å². The van der Waals surface area contributed by atoms with E-state index in [0.717, 1.165) is 44.9 Å². The minimum atomic E-state index is -1.01. The number of fused-ring (bicyclic) bond motifs is 1. The van der Waals surface area contributed by atoms with Crippen molar-refractivity contribution in [2.45, 2.75) is 142 Å². The van der Waals surface area contributed by atoms with Crippen LogP contribution in [0.1, 0.15) is 123 Å². The van der Waals surface area contributed by atoms with Crippen molar-refractivity contribution in [1.82, 2.24) is 36.1 Å². The number of aromatic nitrogens is 2. The van der Waals surface area contributed by atoms with E-state index in [9.17, 15) is 28.8 Å². The van der Waals surface area contributed by atoms with Crippen molar-refractivity contribution in [2.24, 2.45) is 23.2 Å². The molecule has 7 unspecified atom stereocenters. The summed E-state index contributed by atoms with van der Waals surface area (Å²) in [4.78, 5) is 91.6. The third kappa shape index (κ3) is 9.66. The van der Waals surface area contributed by atoms with Gasteiger partial charge in [0.1, 0.15) is 23.8 Å². The molecule has 2 aliphatic carbocycles. The Kier molecular flexibility index (Phi) is 13.5. The Hall–Kier alpha value is -3.90. The Morgan fingerprint density at radius 1 is 0.920 bits per heavy atom. The van der Waals surface area contributed by atoms with Crippen LogP contribution >= 0.6 is 0 Å². The number of unbranched alkanes of at least 4 members (excludes halogenated alkanes) is 1. The first-order valence-corrected chi connectivity index (χ1v) is 18.6. The number of hydrogen-bond donors (Lipinski definition) is 4. The molecule has 0 radical (unpaired) electrons. The van der Waals surface area contributed by atoms with E-state index < -0.39 is 59.0 Å². The fourth-order valence-electron chi connectivity index (χ4n) is 7.47. The third-order valence-corrected chi connectivity index (χ3v) is 10.5. The van der Waals surface area contributed by atoms with Crippen molar-refractivity contribution < 1.29 is 28.8 Å². The lowest BCUT2D eigenvalue weighted by Gasteiger charge is -2.38. The van der Waals surface area contributed by atoms with Gasteiger partial charge in [0, 0.05) is 25.0 Å². The second kappa shape index (κ2) is 17.4. The fraction of sp³-hybridized carbons (Fsp3) is 0.730. The molecule has 276 valence electrons. The number of rotatable bonds is 17. The SMILES string of the molecule is CCCCC(CC)C(NC(=O)c1cnccn1)C(=O)NC(C(=O)N1CC2CCCC2C1C(=O)NC(CCC)C(=O)C(=O)NC1CC1)C(C)(C)C. The summed E-state index contributed by atoms with van der Waals surface area (Å²) in [5, 5.41) is 11.5. The molecule has 0 aromatic carbocycles. The molecule has 3 aliphatic rings. The predicted molar refractivity (Wildman–Crippen MR) is 187 cm³/mol. The van der Waals surface area contributed by atoms with E-state index in [2.05, 4.69) is 38.2 Å². The molecule has 2 heterocycles. The Morgan fingerprint density at radius 2 is 1.66 bits per heavy atom. The lowest BCUT2D eigenvalue weighted by Crippen LogP contribution is -2.62. The molecule has 4 N–H and O–H groups in total. The zero-order valence-corrected chi connectivity index (χ0v) is 30.6. The number of hydrogen-bond acceptors (Lipinski definition) is 8. The maximum Gasteiger partial charge on any atom is 0.289 e. The standard InChI is InChI=1S/C37H57N7O6/c1-7-10-13-22(9-3)28(42-32(46)27-20-38-18-19-39-27)33(47)43-31(37(4,5)6)36(50)44-21-23-14-11-15-25(23)29(44)34(48)41-26(12-8-2)30(45)35(49)40-24-16-17-24/h18-20,22-26,28-29,31H,7-17,21H2,1-6H3,(H,40,49)(H,41,48)(H,42,46)(H,43,47). The van der Waals surface area contributed by atoms with Gasteiger partial charge in [0.25, 0.3) is 11.8 Å². The van der Waals surface area contributed by atoms with Gasteiger partial charge in [-0.2, -0.15) is 0 Å². The molecule has 0 spiro atoms. The molecule has 4 rings (SSSR count). The number of likely N-dealkylation sites (tertiary alicyclic amines) is 1. The van der Waals surface area contributed by atoms with Gasteiger partial charge >= 0.3 is 0 Å². The van der Waals surface area contributed by atoms with Crippen LogP contribution in [0.15, 0.2) is 18.6 Å². The number of amides is 5. The van der Waals surface area contributed by atoms with Gasteiger partial charge < -0.3 is 26.2 Å². The molecule has 13 heteroatoms. The Bertz CT molecular complexity index is 1380. The van der Waals surface area contributed by atoms with Gasteiger partial charge in [0.2, 0.25) is 23.5 Å². The summed E-state index contributed by atoms with van der Waals surface area (Å²) in [6, 6.07) is -3.76. The highest BCUT2D eigenvalue weighted by molar-refractivity contribution is 6.38. The van der Waals surface area contributed by atoms with Crippen molar-refractivity contribution in [2.75, 3.05) is 6.54 Å². The van der Waals surface area contributed by atoms with Gasteiger partial charge in [0.05, 0.1) is 12.2 Å².